The molecule has 1 rings (SSSR count). The fraction of sp³-hybridized carbons (Fsp3) is 0.462. The van der Waals surface area contributed by atoms with Crippen molar-refractivity contribution in [1.82, 2.24) is 0 Å². The summed E-state index contributed by atoms with van der Waals surface area (Å²) in [7, 11) is 1.80. The Morgan fingerprint density at radius 1 is 1.31 bits per heavy atom. The Morgan fingerprint density at radius 3 is 2.38 bits per heavy atom. The zero-order valence-electron chi connectivity index (χ0n) is 10.2. The molecular weight excluding hydrogens is 200 g/mol. The highest BCUT2D eigenvalue weighted by molar-refractivity contribution is 5.96. The molecule has 1 aromatic rings. The molecule has 0 saturated heterocycles. The van der Waals surface area contributed by atoms with Crippen LogP contribution in [0.15, 0.2) is 30.3 Å². The maximum absolute atomic E-state index is 12.2. The summed E-state index contributed by atoms with van der Waals surface area (Å²) in [5.41, 5.74) is 6.03. The van der Waals surface area contributed by atoms with Gasteiger partial charge in [-0.15, -0.1) is 0 Å². The zero-order chi connectivity index (χ0) is 12.2. The Labute approximate surface area is 97.2 Å². The van der Waals surface area contributed by atoms with Crippen LogP contribution in [0.3, 0.4) is 0 Å². The summed E-state index contributed by atoms with van der Waals surface area (Å²) in [6.45, 7) is 4.39. The first kappa shape index (κ1) is 12.7. The SMILES string of the molecule is CN(C(=O)C(C)(C)CCN)c1ccccc1. The van der Waals surface area contributed by atoms with E-state index in [0.717, 1.165) is 5.69 Å². The number of amides is 1. The standard InChI is InChI=1S/C13H20N2O/c1-13(2,9-10-14)12(16)15(3)11-7-5-4-6-8-11/h4-8H,9-10,14H2,1-3H3. The van der Waals surface area contributed by atoms with E-state index in [1.807, 2.05) is 44.2 Å². The Balaban J connectivity index is 2.82. The second kappa shape index (κ2) is 5.12. The molecule has 0 atom stereocenters. The molecule has 0 saturated carbocycles. The van der Waals surface area contributed by atoms with Crippen LogP contribution in [0.2, 0.25) is 0 Å². The van der Waals surface area contributed by atoms with Crippen molar-refractivity contribution in [2.75, 3.05) is 18.5 Å². The van der Waals surface area contributed by atoms with Gasteiger partial charge in [0.1, 0.15) is 0 Å². The van der Waals surface area contributed by atoms with Crippen molar-refractivity contribution in [1.29, 1.82) is 0 Å². The van der Waals surface area contributed by atoms with Crippen molar-refractivity contribution in [2.24, 2.45) is 11.1 Å². The van der Waals surface area contributed by atoms with E-state index in [1.54, 1.807) is 11.9 Å². The minimum Gasteiger partial charge on any atom is -0.330 e. The first-order valence-corrected chi connectivity index (χ1v) is 5.52. The van der Waals surface area contributed by atoms with Gasteiger partial charge in [-0.25, -0.2) is 0 Å². The summed E-state index contributed by atoms with van der Waals surface area (Å²) in [6, 6.07) is 9.64. The van der Waals surface area contributed by atoms with Crippen molar-refractivity contribution >= 4 is 11.6 Å². The summed E-state index contributed by atoms with van der Waals surface area (Å²) in [5.74, 6) is 0.101. The minimum absolute atomic E-state index is 0.101. The number of benzene rings is 1. The number of anilines is 1. The smallest absolute Gasteiger partial charge is 0.232 e. The van der Waals surface area contributed by atoms with Gasteiger partial charge in [-0.3, -0.25) is 4.79 Å². The van der Waals surface area contributed by atoms with Gasteiger partial charge in [-0.1, -0.05) is 32.0 Å². The monoisotopic (exact) mass is 220 g/mol. The number of carbonyl (C=O) groups excluding carboxylic acids is 1. The fourth-order valence-electron chi connectivity index (χ4n) is 1.69. The van der Waals surface area contributed by atoms with Crippen LogP contribution >= 0.6 is 0 Å². The second-order valence-corrected chi connectivity index (χ2v) is 4.62. The Hall–Kier alpha value is -1.35. The molecule has 0 aliphatic heterocycles. The predicted molar refractivity (Wildman–Crippen MR) is 67.3 cm³/mol. The van der Waals surface area contributed by atoms with Crippen LogP contribution in [-0.2, 0) is 4.79 Å². The van der Waals surface area contributed by atoms with Crippen LogP contribution in [0.5, 0.6) is 0 Å². The second-order valence-electron chi connectivity index (χ2n) is 4.62. The van der Waals surface area contributed by atoms with E-state index >= 15 is 0 Å². The summed E-state index contributed by atoms with van der Waals surface area (Å²) in [6.07, 6.45) is 0.697. The molecule has 0 fully saturated rings. The topological polar surface area (TPSA) is 46.3 Å². The molecule has 0 spiro atoms. The van der Waals surface area contributed by atoms with Crippen LogP contribution in [-0.4, -0.2) is 19.5 Å². The van der Waals surface area contributed by atoms with Crippen LogP contribution in [0.4, 0.5) is 5.69 Å². The van der Waals surface area contributed by atoms with Gasteiger partial charge in [0.15, 0.2) is 0 Å². The van der Waals surface area contributed by atoms with E-state index < -0.39 is 5.41 Å². The van der Waals surface area contributed by atoms with E-state index in [4.69, 9.17) is 5.73 Å². The summed E-state index contributed by atoms with van der Waals surface area (Å²) >= 11 is 0. The van der Waals surface area contributed by atoms with Crippen molar-refractivity contribution in [3.8, 4) is 0 Å². The van der Waals surface area contributed by atoms with E-state index in [2.05, 4.69) is 0 Å². The lowest BCUT2D eigenvalue weighted by Gasteiger charge is -2.29. The summed E-state index contributed by atoms with van der Waals surface area (Å²) in [4.78, 5) is 13.9. The number of rotatable bonds is 4. The molecular formula is C13H20N2O. The average Bonchev–Trinajstić information content (AvgIpc) is 2.28. The normalized spacial score (nSPS) is 11.2. The first-order chi connectivity index (χ1) is 7.49. The van der Waals surface area contributed by atoms with Gasteiger partial charge in [-0.05, 0) is 25.1 Å². The average molecular weight is 220 g/mol. The number of nitrogens with zero attached hydrogens (tertiary/aromatic N) is 1. The van der Waals surface area contributed by atoms with Crippen LogP contribution in [0.1, 0.15) is 20.3 Å². The molecule has 0 aliphatic rings. The maximum atomic E-state index is 12.2. The van der Waals surface area contributed by atoms with Crippen LogP contribution in [0, 0.1) is 5.41 Å². The first-order valence-electron chi connectivity index (χ1n) is 5.52. The molecule has 0 unspecified atom stereocenters. The van der Waals surface area contributed by atoms with Gasteiger partial charge in [0.25, 0.3) is 0 Å². The lowest BCUT2D eigenvalue weighted by atomic mass is 9.87. The number of nitrogens with two attached hydrogens (primary N) is 1. The molecule has 0 heterocycles. The molecule has 0 bridgehead atoms. The van der Waals surface area contributed by atoms with Gasteiger partial charge >= 0.3 is 0 Å². The number of hydrogen-bond acceptors (Lipinski definition) is 2. The molecule has 0 aliphatic carbocycles. The van der Waals surface area contributed by atoms with Gasteiger partial charge in [0.2, 0.25) is 5.91 Å². The third kappa shape index (κ3) is 2.83. The molecule has 2 N–H and O–H groups in total. The summed E-state index contributed by atoms with van der Waals surface area (Å²) < 4.78 is 0. The highest BCUT2D eigenvalue weighted by atomic mass is 16.2. The van der Waals surface area contributed by atoms with Crippen LogP contribution in [0.25, 0.3) is 0 Å². The van der Waals surface area contributed by atoms with Gasteiger partial charge in [0, 0.05) is 18.2 Å². The Morgan fingerprint density at radius 2 is 1.88 bits per heavy atom. The number of carbonyl (C=O) groups is 1. The Kier molecular flexibility index (Phi) is 4.07. The van der Waals surface area contributed by atoms with Gasteiger partial charge in [-0.2, -0.15) is 0 Å². The summed E-state index contributed by atoms with van der Waals surface area (Å²) in [5, 5.41) is 0. The van der Waals surface area contributed by atoms with Crippen molar-refractivity contribution in [2.45, 2.75) is 20.3 Å². The van der Waals surface area contributed by atoms with Crippen molar-refractivity contribution in [3.63, 3.8) is 0 Å². The molecule has 0 radical (unpaired) electrons. The van der Waals surface area contributed by atoms with Gasteiger partial charge in [0.05, 0.1) is 0 Å². The van der Waals surface area contributed by atoms with Crippen LogP contribution < -0.4 is 10.6 Å². The van der Waals surface area contributed by atoms with Gasteiger partial charge < -0.3 is 10.6 Å². The quantitative estimate of drug-likeness (QED) is 0.844. The van der Waals surface area contributed by atoms with E-state index in [9.17, 15) is 4.79 Å². The lowest BCUT2D eigenvalue weighted by Crippen LogP contribution is -2.39. The molecule has 16 heavy (non-hydrogen) atoms. The highest BCUT2D eigenvalue weighted by Gasteiger charge is 2.29. The maximum Gasteiger partial charge on any atom is 0.232 e. The largest absolute Gasteiger partial charge is 0.330 e. The fourth-order valence-corrected chi connectivity index (χ4v) is 1.69. The number of para-hydroxylation sites is 1. The third-order valence-corrected chi connectivity index (χ3v) is 2.80. The van der Waals surface area contributed by atoms with E-state index in [1.165, 1.54) is 0 Å². The molecule has 3 heteroatoms. The molecule has 88 valence electrons. The minimum atomic E-state index is -0.403. The predicted octanol–water partition coefficient (Wildman–Crippen LogP) is 2.02. The Bertz CT molecular complexity index is 346. The zero-order valence-corrected chi connectivity index (χ0v) is 10.2. The van der Waals surface area contributed by atoms with Crippen molar-refractivity contribution < 1.29 is 4.79 Å². The van der Waals surface area contributed by atoms with E-state index in [-0.39, 0.29) is 5.91 Å². The van der Waals surface area contributed by atoms with E-state index in [0.29, 0.717) is 13.0 Å². The molecule has 3 nitrogen and oxygen atoms in total. The molecule has 0 aromatic heterocycles. The highest BCUT2D eigenvalue weighted by Crippen LogP contribution is 2.25. The lowest BCUT2D eigenvalue weighted by molar-refractivity contribution is -0.126. The third-order valence-electron chi connectivity index (χ3n) is 2.80. The molecule has 1 aromatic carbocycles. The number of hydrogen-bond donors (Lipinski definition) is 1. The molecule has 1 amide bonds. The van der Waals surface area contributed by atoms with Crippen molar-refractivity contribution in [3.05, 3.63) is 30.3 Å².